The van der Waals surface area contributed by atoms with Crippen LogP contribution in [0.15, 0.2) is 24.3 Å². The molecular formula is C21H26F6N2O5. The molecule has 192 valence electrons. The fourth-order valence-electron chi connectivity index (χ4n) is 3.75. The number of carbonyl (C=O) groups excluding carboxylic acids is 1. The molecular weight excluding hydrogens is 474 g/mol. The third kappa shape index (κ3) is 8.13. The predicted octanol–water partition coefficient (Wildman–Crippen LogP) is 3.22. The first-order chi connectivity index (χ1) is 15.7. The Morgan fingerprint density at radius 3 is 2.44 bits per heavy atom. The first kappa shape index (κ1) is 27.9. The second kappa shape index (κ2) is 11.4. The topological polar surface area (TPSA) is 88.1 Å². The number of hydrogen-bond acceptors (Lipinski definition) is 5. The smallest absolute Gasteiger partial charge is 0.475 e. The molecule has 0 radical (unpaired) electrons. The standard InChI is InChI=1S/C19H25F3N2O3.C2HF3O2/c1-14(25)24-8-9-26-13-18(12-24)7-6-16(27-18)11-23-10-15-4-2-3-5-17(15)19(20,21)22;3-2(4,5)1(6)7/h2-5,16,23H,6-13H2,1H3;(H,6,7)/t16-,18+;/m1./s1. The zero-order valence-corrected chi connectivity index (χ0v) is 18.3. The summed E-state index contributed by atoms with van der Waals surface area (Å²) in [6.45, 7) is 4.08. The summed E-state index contributed by atoms with van der Waals surface area (Å²) in [5.41, 5.74) is -0.910. The molecule has 3 rings (SSSR count). The monoisotopic (exact) mass is 500 g/mol. The van der Waals surface area contributed by atoms with Crippen LogP contribution in [0.2, 0.25) is 0 Å². The molecule has 0 aliphatic carbocycles. The molecule has 1 spiro atoms. The number of ether oxygens (including phenoxy) is 2. The second-order valence-corrected chi connectivity index (χ2v) is 8.04. The van der Waals surface area contributed by atoms with Gasteiger partial charge in [-0.3, -0.25) is 4.79 Å². The highest BCUT2D eigenvalue weighted by atomic mass is 19.4. The van der Waals surface area contributed by atoms with Crippen molar-refractivity contribution in [3.8, 4) is 0 Å². The number of carboxylic acids is 1. The molecule has 2 fully saturated rings. The lowest BCUT2D eigenvalue weighted by atomic mass is 10.00. The van der Waals surface area contributed by atoms with Gasteiger partial charge >= 0.3 is 18.3 Å². The summed E-state index contributed by atoms with van der Waals surface area (Å²) in [6, 6.07) is 5.57. The SMILES string of the molecule is CC(=O)N1CCOC[C@]2(CC[C@H](CNCc3ccccc3C(F)(F)F)O2)C1.O=C(O)C(F)(F)F. The van der Waals surface area contributed by atoms with Gasteiger partial charge < -0.3 is 24.8 Å². The summed E-state index contributed by atoms with van der Waals surface area (Å²) in [5.74, 6) is -2.76. The Labute approximate surface area is 192 Å². The van der Waals surface area contributed by atoms with Gasteiger partial charge in [0.15, 0.2) is 0 Å². The number of halogens is 6. The average molecular weight is 500 g/mol. The lowest BCUT2D eigenvalue weighted by molar-refractivity contribution is -0.192. The van der Waals surface area contributed by atoms with E-state index in [2.05, 4.69) is 5.32 Å². The number of hydrogen-bond donors (Lipinski definition) is 2. The molecule has 0 saturated carbocycles. The largest absolute Gasteiger partial charge is 0.490 e. The van der Waals surface area contributed by atoms with Crippen molar-refractivity contribution in [1.82, 2.24) is 10.2 Å². The molecule has 0 aromatic heterocycles. The Morgan fingerprint density at radius 2 is 1.85 bits per heavy atom. The minimum absolute atomic E-state index is 0.00573. The van der Waals surface area contributed by atoms with Gasteiger partial charge in [-0.25, -0.2) is 4.79 Å². The zero-order chi connectivity index (χ0) is 25.6. The van der Waals surface area contributed by atoms with Gasteiger partial charge in [0.1, 0.15) is 5.60 Å². The molecule has 2 heterocycles. The molecule has 1 amide bonds. The fourth-order valence-corrected chi connectivity index (χ4v) is 3.75. The van der Waals surface area contributed by atoms with Crippen molar-refractivity contribution in [2.75, 3.05) is 32.8 Å². The van der Waals surface area contributed by atoms with Gasteiger partial charge in [0.05, 0.1) is 31.4 Å². The van der Waals surface area contributed by atoms with E-state index >= 15 is 0 Å². The number of benzene rings is 1. The molecule has 34 heavy (non-hydrogen) atoms. The summed E-state index contributed by atoms with van der Waals surface area (Å²) in [5, 5.41) is 10.2. The van der Waals surface area contributed by atoms with Crippen molar-refractivity contribution < 1.29 is 50.5 Å². The minimum Gasteiger partial charge on any atom is -0.475 e. The molecule has 0 bridgehead atoms. The summed E-state index contributed by atoms with van der Waals surface area (Å²) >= 11 is 0. The lowest BCUT2D eigenvalue weighted by Gasteiger charge is -2.31. The van der Waals surface area contributed by atoms with Crippen molar-refractivity contribution >= 4 is 11.9 Å². The third-order valence-electron chi connectivity index (χ3n) is 5.39. The first-order valence-corrected chi connectivity index (χ1v) is 10.4. The molecule has 2 saturated heterocycles. The third-order valence-corrected chi connectivity index (χ3v) is 5.39. The quantitative estimate of drug-likeness (QED) is 0.618. The maximum atomic E-state index is 13.1. The van der Waals surface area contributed by atoms with E-state index in [0.29, 0.717) is 32.8 Å². The van der Waals surface area contributed by atoms with E-state index in [4.69, 9.17) is 19.4 Å². The Hall–Kier alpha value is -2.38. The molecule has 7 nitrogen and oxygen atoms in total. The highest BCUT2D eigenvalue weighted by Crippen LogP contribution is 2.34. The fraction of sp³-hybridized carbons (Fsp3) is 0.619. The van der Waals surface area contributed by atoms with E-state index in [1.54, 1.807) is 11.0 Å². The number of nitrogens with zero attached hydrogens (tertiary/aromatic N) is 1. The van der Waals surface area contributed by atoms with Crippen molar-refractivity contribution in [2.24, 2.45) is 0 Å². The van der Waals surface area contributed by atoms with Crippen LogP contribution >= 0.6 is 0 Å². The number of rotatable bonds is 4. The average Bonchev–Trinajstić information content (AvgIpc) is 2.99. The number of carbonyl (C=O) groups is 2. The predicted molar refractivity (Wildman–Crippen MR) is 107 cm³/mol. The van der Waals surface area contributed by atoms with Crippen LogP contribution in [0, 0.1) is 0 Å². The van der Waals surface area contributed by atoms with E-state index in [0.717, 1.165) is 18.9 Å². The van der Waals surface area contributed by atoms with Gasteiger partial charge in [0.2, 0.25) is 5.91 Å². The molecule has 0 unspecified atom stereocenters. The van der Waals surface area contributed by atoms with Crippen molar-refractivity contribution in [3.63, 3.8) is 0 Å². The van der Waals surface area contributed by atoms with Crippen molar-refractivity contribution in [3.05, 3.63) is 35.4 Å². The number of amides is 1. The van der Waals surface area contributed by atoms with Crippen LogP contribution in [0.25, 0.3) is 0 Å². The summed E-state index contributed by atoms with van der Waals surface area (Å²) < 4.78 is 82.7. The number of alkyl halides is 6. The normalized spacial score (nSPS) is 23.3. The number of carboxylic acid groups (broad SMARTS) is 1. The second-order valence-electron chi connectivity index (χ2n) is 8.04. The van der Waals surface area contributed by atoms with Gasteiger partial charge in [-0.2, -0.15) is 26.3 Å². The Morgan fingerprint density at radius 1 is 1.21 bits per heavy atom. The summed E-state index contributed by atoms with van der Waals surface area (Å²) in [7, 11) is 0. The first-order valence-electron chi connectivity index (χ1n) is 10.4. The molecule has 13 heteroatoms. The molecule has 2 N–H and O–H groups in total. The molecule has 1 aromatic rings. The Balaban J connectivity index is 0.000000509. The lowest BCUT2D eigenvalue weighted by Crippen LogP contribution is -2.46. The highest BCUT2D eigenvalue weighted by molar-refractivity contribution is 5.73. The maximum Gasteiger partial charge on any atom is 0.490 e. The molecule has 2 aliphatic heterocycles. The van der Waals surface area contributed by atoms with Crippen LogP contribution in [0.5, 0.6) is 0 Å². The van der Waals surface area contributed by atoms with Crippen LogP contribution in [0.3, 0.4) is 0 Å². The summed E-state index contributed by atoms with van der Waals surface area (Å²) in [4.78, 5) is 22.4. The van der Waals surface area contributed by atoms with Gasteiger partial charge in [-0.1, -0.05) is 18.2 Å². The zero-order valence-electron chi connectivity index (χ0n) is 18.3. The number of nitrogens with one attached hydrogen (secondary N) is 1. The van der Waals surface area contributed by atoms with Crippen molar-refractivity contribution in [1.29, 1.82) is 0 Å². The van der Waals surface area contributed by atoms with E-state index < -0.39 is 29.5 Å². The van der Waals surface area contributed by atoms with E-state index in [-0.39, 0.29) is 24.1 Å². The molecule has 2 aliphatic rings. The van der Waals surface area contributed by atoms with Gasteiger partial charge in [0.25, 0.3) is 0 Å². The van der Waals surface area contributed by atoms with Crippen LogP contribution in [0.4, 0.5) is 26.3 Å². The van der Waals surface area contributed by atoms with Gasteiger partial charge in [0, 0.05) is 26.6 Å². The summed E-state index contributed by atoms with van der Waals surface area (Å²) in [6.07, 6.45) is -8.01. The van der Waals surface area contributed by atoms with Gasteiger partial charge in [-0.15, -0.1) is 0 Å². The van der Waals surface area contributed by atoms with Crippen LogP contribution in [-0.4, -0.2) is 72.6 Å². The van der Waals surface area contributed by atoms with Gasteiger partial charge in [-0.05, 0) is 24.5 Å². The molecule has 1 aromatic carbocycles. The van der Waals surface area contributed by atoms with Crippen LogP contribution in [0.1, 0.15) is 30.9 Å². The van der Waals surface area contributed by atoms with Crippen LogP contribution < -0.4 is 5.32 Å². The van der Waals surface area contributed by atoms with E-state index in [9.17, 15) is 31.1 Å². The van der Waals surface area contributed by atoms with Crippen LogP contribution in [-0.2, 0) is 31.8 Å². The minimum atomic E-state index is -5.08. The van der Waals surface area contributed by atoms with E-state index in [1.807, 2.05) is 0 Å². The maximum absolute atomic E-state index is 13.1. The Bertz CT molecular complexity index is 848. The highest BCUT2D eigenvalue weighted by Gasteiger charge is 2.43. The van der Waals surface area contributed by atoms with E-state index in [1.165, 1.54) is 19.1 Å². The molecule has 2 atom stereocenters. The number of aliphatic carboxylic acids is 1. The van der Waals surface area contributed by atoms with Crippen molar-refractivity contribution in [2.45, 2.75) is 50.4 Å². The Kier molecular flexibility index (Phi) is 9.31.